The highest BCUT2D eigenvalue weighted by Gasteiger charge is 2.46. The van der Waals surface area contributed by atoms with Crippen molar-refractivity contribution in [1.29, 1.82) is 0 Å². The van der Waals surface area contributed by atoms with Crippen molar-refractivity contribution in [2.75, 3.05) is 13.2 Å². The van der Waals surface area contributed by atoms with Crippen molar-refractivity contribution < 1.29 is 4.74 Å². The van der Waals surface area contributed by atoms with E-state index < -0.39 is 0 Å². The molecule has 1 aromatic heterocycles. The quantitative estimate of drug-likeness (QED) is 0.870. The lowest BCUT2D eigenvalue weighted by molar-refractivity contribution is -0.0955. The van der Waals surface area contributed by atoms with Crippen LogP contribution in [0, 0.1) is 0 Å². The van der Waals surface area contributed by atoms with Gasteiger partial charge in [0.15, 0.2) is 0 Å². The topological polar surface area (TPSA) is 52.0 Å². The molecule has 0 aromatic carbocycles. The third-order valence-corrected chi connectivity index (χ3v) is 4.20. The summed E-state index contributed by atoms with van der Waals surface area (Å²) in [5, 5.41) is 11.9. The predicted molar refractivity (Wildman–Crippen MR) is 68.3 cm³/mol. The van der Waals surface area contributed by atoms with Gasteiger partial charge < -0.3 is 10.1 Å². The van der Waals surface area contributed by atoms with Crippen molar-refractivity contribution in [3.05, 3.63) is 11.9 Å². The molecule has 3 rings (SSSR count). The second-order valence-electron chi connectivity index (χ2n) is 5.70. The molecule has 1 N–H and O–H groups in total. The van der Waals surface area contributed by atoms with Crippen LogP contribution in [0.15, 0.2) is 6.20 Å². The molecule has 5 nitrogen and oxygen atoms in total. The summed E-state index contributed by atoms with van der Waals surface area (Å²) in [5.74, 6) is 0. The smallest absolute Gasteiger partial charge is 0.0892 e. The molecule has 100 valence electrons. The number of aromatic nitrogens is 3. The molecule has 5 heteroatoms. The van der Waals surface area contributed by atoms with E-state index in [-0.39, 0.29) is 11.6 Å². The second kappa shape index (κ2) is 4.63. The molecule has 1 unspecified atom stereocenters. The lowest BCUT2D eigenvalue weighted by Gasteiger charge is -2.42. The van der Waals surface area contributed by atoms with Gasteiger partial charge in [0.25, 0.3) is 0 Å². The van der Waals surface area contributed by atoms with Crippen LogP contribution in [0.25, 0.3) is 0 Å². The van der Waals surface area contributed by atoms with Gasteiger partial charge in [-0.25, -0.2) is 4.68 Å². The molecular weight excluding hydrogens is 228 g/mol. The third kappa shape index (κ3) is 1.86. The normalized spacial score (nSPS) is 27.2. The van der Waals surface area contributed by atoms with Crippen molar-refractivity contribution >= 4 is 0 Å². The average Bonchev–Trinajstić information content (AvgIpc) is 2.99. The highest BCUT2D eigenvalue weighted by molar-refractivity contribution is 5.14. The fourth-order valence-corrected chi connectivity index (χ4v) is 3.37. The van der Waals surface area contributed by atoms with E-state index in [9.17, 15) is 0 Å². The Labute approximate surface area is 108 Å². The van der Waals surface area contributed by atoms with Crippen LogP contribution in [0.4, 0.5) is 0 Å². The zero-order valence-electron chi connectivity index (χ0n) is 11.2. The molecule has 2 fully saturated rings. The molecule has 2 aliphatic rings. The Morgan fingerprint density at radius 2 is 2.22 bits per heavy atom. The Bertz CT molecular complexity index is 409. The van der Waals surface area contributed by atoms with Crippen LogP contribution in [0.5, 0.6) is 0 Å². The number of nitrogens with zero attached hydrogens (tertiary/aromatic N) is 3. The van der Waals surface area contributed by atoms with Crippen LogP contribution in [0.2, 0.25) is 0 Å². The molecule has 0 amide bonds. The van der Waals surface area contributed by atoms with Gasteiger partial charge in [-0.3, -0.25) is 0 Å². The summed E-state index contributed by atoms with van der Waals surface area (Å²) in [4.78, 5) is 0. The summed E-state index contributed by atoms with van der Waals surface area (Å²) in [6.45, 7) is 6.02. The molecule has 1 saturated heterocycles. The van der Waals surface area contributed by atoms with Crippen molar-refractivity contribution in [2.24, 2.45) is 0 Å². The van der Waals surface area contributed by atoms with Gasteiger partial charge in [-0.2, -0.15) is 0 Å². The van der Waals surface area contributed by atoms with E-state index in [1.54, 1.807) is 0 Å². The number of hydrogen-bond acceptors (Lipinski definition) is 4. The summed E-state index contributed by atoms with van der Waals surface area (Å²) in [6, 6.07) is 0.579. The fourth-order valence-electron chi connectivity index (χ4n) is 3.37. The SMILES string of the molecule is CC(C)n1nncc1C1NCCOC12CCCC2. The molecule has 1 aromatic rings. The molecule has 18 heavy (non-hydrogen) atoms. The van der Waals surface area contributed by atoms with E-state index in [0.717, 1.165) is 26.0 Å². The van der Waals surface area contributed by atoms with Crippen LogP contribution < -0.4 is 5.32 Å². The number of rotatable bonds is 2. The van der Waals surface area contributed by atoms with Gasteiger partial charge in [0.05, 0.1) is 30.1 Å². The van der Waals surface area contributed by atoms with Crippen molar-refractivity contribution in [2.45, 2.75) is 57.2 Å². The van der Waals surface area contributed by atoms with E-state index in [1.807, 2.05) is 10.9 Å². The van der Waals surface area contributed by atoms with Gasteiger partial charge >= 0.3 is 0 Å². The Balaban J connectivity index is 1.95. The molecule has 0 radical (unpaired) electrons. The van der Waals surface area contributed by atoms with Crippen LogP contribution in [-0.4, -0.2) is 33.7 Å². The molecule has 1 atom stereocenters. The van der Waals surface area contributed by atoms with Gasteiger partial charge in [0, 0.05) is 12.6 Å². The van der Waals surface area contributed by atoms with E-state index in [2.05, 4.69) is 29.5 Å². The summed E-state index contributed by atoms with van der Waals surface area (Å²) in [6.07, 6.45) is 6.72. The number of ether oxygens (including phenoxy) is 1. The predicted octanol–water partition coefficient (Wildman–Crippen LogP) is 1.83. The lowest BCUT2D eigenvalue weighted by Crippen LogP contribution is -2.51. The van der Waals surface area contributed by atoms with Gasteiger partial charge in [-0.1, -0.05) is 18.1 Å². The minimum Gasteiger partial charge on any atom is -0.372 e. The van der Waals surface area contributed by atoms with Gasteiger partial charge in [0.2, 0.25) is 0 Å². The summed E-state index contributed by atoms with van der Waals surface area (Å²) in [5.41, 5.74) is 1.15. The van der Waals surface area contributed by atoms with Crippen LogP contribution in [0.1, 0.15) is 57.3 Å². The van der Waals surface area contributed by atoms with Gasteiger partial charge in [0.1, 0.15) is 0 Å². The first kappa shape index (κ1) is 12.1. The van der Waals surface area contributed by atoms with Crippen LogP contribution in [-0.2, 0) is 4.74 Å². The second-order valence-corrected chi connectivity index (χ2v) is 5.70. The third-order valence-electron chi connectivity index (χ3n) is 4.20. The molecule has 1 aliphatic heterocycles. The average molecular weight is 250 g/mol. The first-order chi connectivity index (χ1) is 8.73. The number of hydrogen-bond donors (Lipinski definition) is 1. The van der Waals surface area contributed by atoms with E-state index in [1.165, 1.54) is 18.5 Å². The number of nitrogens with one attached hydrogen (secondary N) is 1. The molecule has 1 aliphatic carbocycles. The van der Waals surface area contributed by atoms with E-state index in [0.29, 0.717) is 6.04 Å². The maximum atomic E-state index is 6.17. The van der Waals surface area contributed by atoms with E-state index in [4.69, 9.17) is 4.74 Å². The van der Waals surface area contributed by atoms with Gasteiger partial charge in [-0.15, -0.1) is 5.10 Å². The summed E-state index contributed by atoms with van der Waals surface area (Å²) >= 11 is 0. The van der Waals surface area contributed by atoms with Crippen molar-refractivity contribution in [3.8, 4) is 0 Å². The Kier molecular flexibility index (Phi) is 3.11. The zero-order chi connectivity index (χ0) is 12.6. The highest BCUT2D eigenvalue weighted by atomic mass is 16.5. The Morgan fingerprint density at radius 3 is 2.94 bits per heavy atom. The molecule has 2 heterocycles. The highest BCUT2D eigenvalue weighted by Crippen LogP contribution is 2.44. The van der Waals surface area contributed by atoms with Crippen LogP contribution >= 0.6 is 0 Å². The summed E-state index contributed by atoms with van der Waals surface area (Å²) in [7, 11) is 0. The van der Waals surface area contributed by atoms with Crippen molar-refractivity contribution in [1.82, 2.24) is 20.3 Å². The molecular formula is C13H22N4O. The minimum atomic E-state index is -0.0212. The number of morpholine rings is 1. The Morgan fingerprint density at radius 1 is 1.44 bits per heavy atom. The zero-order valence-corrected chi connectivity index (χ0v) is 11.2. The summed E-state index contributed by atoms with van der Waals surface area (Å²) < 4.78 is 8.19. The van der Waals surface area contributed by atoms with Crippen LogP contribution in [0.3, 0.4) is 0 Å². The first-order valence-corrected chi connectivity index (χ1v) is 7.00. The Hall–Kier alpha value is -0.940. The van der Waals surface area contributed by atoms with Gasteiger partial charge in [-0.05, 0) is 26.7 Å². The lowest BCUT2D eigenvalue weighted by atomic mass is 9.88. The van der Waals surface area contributed by atoms with E-state index >= 15 is 0 Å². The van der Waals surface area contributed by atoms with Crippen molar-refractivity contribution in [3.63, 3.8) is 0 Å². The molecule has 1 spiro atoms. The maximum Gasteiger partial charge on any atom is 0.0892 e. The monoisotopic (exact) mass is 250 g/mol. The largest absolute Gasteiger partial charge is 0.372 e. The molecule has 1 saturated carbocycles. The standard InChI is InChI=1S/C13H22N4O/c1-10(2)17-11(9-15-16-17)12-13(5-3-4-6-13)18-8-7-14-12/h9-10,12,14H,3-8H2,1-2H3. The molecule has 0 bridgehead atoms. The minimum absolute atomic E-state index is 0.0212. The maximum absolute atomic E-state index is 6.17. The first-order valence-electron chi connectivity index (χ1n) is 7.00. The fraction of sp³-hybridized carbons (Fsp3) is 0.846.